The topological polar surface area (TPSA) is 63.1 Å². The van der Waals surface area contributed by atoms with Crippen LogP contribution in [0.3, 0.4) is 0 Å². The molecule has 4 nitrogen and oxygen atoms in total. The standard InChI is InChI=1S/C9H11FN2O2/c1-3-5-7(10)8(9(13)14)12-6(4-2)11-5/h3-4H2,1-2H3,(H,13,14). The third kappa shape index (κ3) is 1.86. The van der Waals surface area contributed by atoms with Crippen molar-refractivity contribution in [2.75, 3.05) is 0 Å². The molecule has 0 fully saturated rings. The van der Waals surface area contributed by atoms with Gasteiger partial charge in [0, 0.05) is 6.42 Å². The van der Waals surface area contributed by atoms with E-state index >= 15 is 0 Å². The van der Waals surface area contributed by atoms with Crippen molar-refractivity contribution in [2.24, 2.45) is 0 Å². The van der Waals surface area contributed by atoms with Gasteiger partial charge < -0.3 is 5.11 Å². The molecule has 1 N–H and O–H groups in total. The molecule has 0 saturated carbocycles. The first-order chi connectivity index (χ1) is 6.60. The Kier molecular flexibility index (Phi) is 3.11. The Morgan fingerprint density at radius 2 is 2.00 bits per heavy atom. The van der Waals surface area contributed by atoms with Crippen LogP contribution in [0.4, 0.5) is 4.39 Å². The van der Waals surface area contributed by atoms with Gasteiger partial charge in [-0.1, -0.05) is 13.8 Å². The molecule has 1 aromatic rings. The Morgan fingerprint density at radius 1 is 1.36 bits per heavy atom. The van der Waals surface area contributed by atoms with Gasteiger partial charge in [0.05, 0.1) is 5.69 Å². The number of carboxylic acid groups (broad SMARTS) is 1. The minimum atomic E-state index is -1.35. The third-order valence-electron chi connectivity index (χ3n) is 1.82. The Bertz CT molecular complexity index is 366. The first-order valence-electron chi connectivity index (χ1n) is 4.38. The highest BCUT2D eigenvalue weighted by atomic mass is 19.1. The van der Waals surface area contributed by atoms with E-state index in [1.54, 1.807) is 13.8 Å². The van der Waals surface area contributed by atoms with E-state index in [1.807, 2.05) is 0 Å². The van der Waals surface area contributed by atoms with E-state index in [1.165, 1.54) is 0 Å². The smallest absolute Gasteiger partial charge is 0.357 e. The summed E-state index contributed by atoms with van der Waals surface area (Å²) < 4.78 is 13.3. The molecule has 0 aliphatic rings. The molecule has 0 aliphatic heterocycles. The normalized spacial score (nSPS) is 10.2. The summed E-state index contributed by atoms with van der Waals surface area (Å²) in [6, 6.07) is 0. The molecule has 0 aromatic carbocycles. The van der Waals surface area contributed by atoms with Crippen molar-refractivity contribution >= 4 is 5.97 Å². The first kappa shape index (κ1) is 10.6. The molecule has 0 bridgehead atoms. The largest absolute Gasteiger partial charge is 0.476 e. The molecule has 0 unspecified atom stereocenters. The summed E-state index contributed by atoms with van der Waals surface area (Å²) in [6.07, 6.45) is 0.856. The zero-order valence-electron chi connectivity index (χ0n) is 8.04. The van der Waals surface area contributed by atoms with Crippen molar-refractivity contribution in [2.45, 2.75) is 26.7 Å². The molecule has 14 heavy (non-hydrogen) atoms. The number of aromatic nitrogens is 2. The molecular weight excluding hydrogens is 187 g/mol. The van der Waals surface area contributed by atoms with Crippen LogP contribution in [-0.2, 0) is 12.8 Å². The fourth-order valence-electron chi connectivity index (χ4n) is 1.08. The van der Waals surface area contributed by atoms with Crippen LogP contribution in [0.1, 0.15) is 35.9 Å². The van der Waals surface area contributed by atoms with Crippen molar-refractivity contribution < 1.29 is 14.3 Å². The second kappa shape index (κ2) is 4.13. The predicted molar refractivity (Wildman–Crippen MR) is 47.7 cm³/mol. The average Bonchev–Trinajstić information content (AvgIpc) is 2.17. The molecule has 76 valence electrons. The van der Waals surface area contributed by atoms with E-state index in [0.29, 0.717) is 18.7 Å². The van der Waals surface area contributed by atoms with Gasteiger partial charge in [0.25, 0.3) is 0 Å². The summed E-state index contributed by atoms with van der Waals surface area (Å²) in [5.74, 6) is -1.81. The van der Waals surface area contributed by atoms with E-state index in [-0.39, 0.29) is 5.69 Å². The molecule has 0 spiro atoms. The minimum absolute atomic E-state index is 0.161. The van der Waals surface area contributed by atoms with Crippen LogP contribution in [-0.4, -0.2) is 21.0 Å². The van der Waals surface area contributed by atoms with Crippen LogP contribution in [0.25, 0.3) is 0 Å². The first-order valence-corrected chi connectivity index (χ1v) is 4.38. The van der Waals surface area contributed by atoms with Crippen LogP contribution in [0.2, 0.25) is 0 Å². The number of hydrogen-bond acceptors (Lipinski definition) is 3. The average molecular weight is 198 g/mol. The van der Waals surface area contributed by atoms with E-state index in [0.717, 1.165) is 0 Å². The van der Waals surface area contributed by atoms with E-state index in [2.05, 4.69) is 9.97 Å². The highest BCUT2D eigenvalue weighted by Gasteiger charge is 2.17. The number of aromatic carboxylic acids is 1. The predicted octanol–water partition coefficient (Wildman–Crippen LogP) is 1.44. The summed E-state index contributed by atoms with van der Waals surface area (Å²) in [5.41, 5.74) is -0.372. The molecule has 0 saturated heterocycles. The van der Waals surface area contributed by atoms with Gasteiger partial charge in [0.1, 0.15) is 5.82 Å². The fourth-order valence-corrected chi connectivity index (χ4v) is 1.08. The monoisotopic (exact) mass is 198 g/mol. The summed E-state index contributed by atoms with van der Waals surface area (Å²) in [6.45, 7) is 3.51. The minimum Gasteiger partial charge on any atom is -0.476 e. The lowest BCUT2D eigenvalue weighted by Gasteiger charge is -2.04. The van der Waals surface area contributed by atoms with Crippen LogP contribution in [0, 0.1) is 5.82 Å². The molecular formula is C9H11FN2O2. The van der Waals surface area contributed by atoms with Crippen molar-refractivity contribution in [3.05, 3.63) is 23.0 Å². The molecule has 0 amide bonds. The van der Waals surface area contributed by atoms with Gasteiger partial charge in [-0.3, -0.25) is 0 Å². The van der Waals surface area contributed by atoms with Crippen LogP contribution in [0.5, 0.6) is 0 Å². The van der Waals surface area contributed by atoms with Gasteiger partial charge in [-0.2, -0.15) is 0 Å². The number of carbonyl (C=O) groups is 1. The quantitative estimate of drug-likeness (QED) is 0.798. The second-order valence-corrected chi connectivity index (χ2v) is 2.76. The summed E-state index contributed by atoms with van der Waals surface area (Å²) in [5, 5.41) is 8.68. The Morgan fingerprint density at radius 3 is 2.43 bits per heavy atom. The summed E-state index contributed by atoms with van der Waals surface area (Å²) in [7, 11) is 0. The maximum Gasteiger partial charge on any atom is 0.357 e. The second-order valence-electron chi connectivity index (χ2n) is 2.76. The van der Waals surface area contributed by atoms with Gasteiger partial charge in [0.15, 0.2) is 11.5 Å². The van der Waals surface area contributed by atoms with Crippen molar-refractivity contribution in [3.8, 4) is 0 Å². The zero-order chi connectivity index (χ0) is 10.7. The highest BCUT2D eigenvalue weighted by Crippen LogP contribution is 2.10. The molecule has 0 atom stereocenters. The summed E-state index contributed by atoms with van der Waals surface area (Å²) >= 11 is 0. The summed E-state index contributed by atoms with van der Waals surface area (Å²) in [4.78, 5) is 18.1. The Balaban J connectivity index is 3.34. The lowest BCUT2D eigenvalue weighted by atomic mass is 10.2. The van der Waals surface area contributed by atoms with Crippen molar-refractivity contribution in [1.29, 1.82) is 0 Å². The molecule has 1 heterocycles. The lowest BCUT2D eigenvalue weighted by Crippen LogP contribution is -2.12. The molecule has 0 aliphatic carbocycles. The van der Waals surface area contributed by atoms with Gasteiger partial charge >= 0.3 is 5.97 Å². The Labute approximate surface area is 80.8 Å². The molecule has 1 aromatic heterocycles. The zero-order valence-corrected chi connectivity index (χ0v) is 8.04. The maximum atomic E-state index is 13.3. The Hall–Kier alpha value is -1.52. The number of rotatable bonds is 3. The molecule has 0 radical (unpaired) electrons. The van der Waals surface area contributed by atoms with Gasteiger partial charge in [-0.05, 0) is 6.42 Å². The third-order valence-corrected chi connectivity index (χ3v) is 1.82. The van der Waals surface area contributed by atoms with Crippen LogP contribution >= 0.6 is 0 Å². The SMILES string of the molecule is CCc1nc(CC)c(F)c(C(=O)O)n1. The number of nitrogens with zero attached hydrogens (tertiary/aromatic N) is 2. The number of aryl methyl sites for hydroxylation is 2. The van der Waals surface area contributed by atoms with E-state index < -0.39 is 17.5 Å². The van der Waals surface area contributed by atoms with Gasteiger partial charge in [-0.25, -0.2) is 19.2 Å². The maximum absolute atomic E-state index is 13.3. The fraction of sp³-hybridized carbons (Fsp3) is 0.444. The van der Waals surface area contributed by atoms with Crippen molar-refractivity contribution in [1.82, 2.24) is 9.97 Å². The number of halogens is 1. The molecule has 1 rings (SSSR count). The molecule has 5 heteroatoms. The van der Waals surface area contributed by atoms with Crippen LogP contribution in [0.15, 0.2) is 0 Å². The lowest BCUT2D eigenvalue weighted by molar-refractivity contribution is 0.0683. The van der Waals surface area contributed by atoms with E-state index in [4.69, 9.17) is 5.11 Å². The number of carboxylic acids is 1. The van der Waals surface area contributed by atoms with Crippen LogP contribution < -0.4 is 0 Å². The number of hydrogen-bond donors (Lipinski definition) is 1. The van der Waals surface area contributed by atoms with Gasteiger partial charge in [-0.15, -0.1) is 0 Å². The van der Waals surface area contributed by atoms with Crippen molar-refractivity contribution in [3.63, 3.8) is 0 Å². The van der Waals surface area contributed by atoms with E-state index in [9.17, 15) is 9.18 Å². The highest BCUT2D eigenvalue weighted by molar-refractivity contribution is 5.85. The van der Waals surface area contributed by atoms with Gasteiger partial charge in [0.2, 0.25) is 0 Å².